The van der Waals surface area contributed by atoms with E-state index in [-0.39, 0.29) is 12.5 Å². The van der Waals surface area contributed by atoms with Crippen LogP contribution in [0.15, 0.2) is 53.0 Å². The van der Waals surface area contributed by atoms with E-state index in [1.54, 1.807) is 0 Å². The summed E-state index contributed by atoms with van der Waals surface area (Å²) < 4.78 is 6.78. The fraction of sp³-hybridized carbons (Fsp3) is 0.381. The Morgan fingerprint density at radius 3 is 2.54 bits per heavy atom. The van der Waals surface area contributed by atoms with Crippen LogP contribution in [0.5, 0.6) is 5.75 Å². The van der Waals surface area contributed by atoms with Gasteiger partial charge in [0.25, 0.3) is 0 Å². The molecule has 1 amide bonds. The lowest BCUT2D eigenvalue weighted by Crippen LogP contribution is -2.21. The number of halogens is 1. The second-order valence-electron chi connectivity index (χ2n) is 6.20. The summed E-state index contributed by atoms with van der Waals surface area (Å²) in [6.07, 6.45) is 6.11. The molecule has 0 bridgehead atoms. The van der Waals surface area contributed by atoms with Crippen molar-refractivity contribution in [1.82, 2.24) is 0 Å². The predicted molar refractivity (Wildman–Crippen MR) is 112 cm³/mol. The molecular formula is C21H27BrN2O2. The number of hydrogen-bond donors (Lipinski definition) is 2. The Labute approximate surface area is 164 Å². The smallest absolute Gasteiger partial charge is 0.243 e. The molecule has 0 saturated heterocycles. The van der Waals surface area contributed by atoms with Crippen LogP contribution >= 0.6 is 15.9 Å². The number of unbranched alkanes of at least 4 members (excludes halogenated alkanes) is 4. The maximum absolute atomic E-state index is 12.0. The molecule has 0 fully saturated rings. The molecule has 4 nitrogen and oxygen atoms in total. The quantitative estimate of drug-likeness (QED) is 0.450. The first kappa shape index (κ1) is 20.3. The molecule has 140 valence electrons. The zero-order valence-corrected chi connectivity index (χ0v) is 16.8. The van der Waals surface area contributed by atoms with Crippen LogP contribution < -0.4 is 15.4 Å². The number of benzene rings is 2. The first-order valence-electron chi connectivity index (χ1n) is 9.19. The summed E-state index contributed by atoms with van der Waals surface area (Å²) in [6, 6.07) is 15.2. The van der Waals surface area contributed by atoms with Gasteiger partial charge in [0, 0.05) is 21.9 Å². The van der Waals surface area contributed by atoms with Crippen LogP contribution in [0.2, 0.25) is 0 Å². The monoisotopic (exact) mass is 418 g/mol. The van der Waals surface area contributed by atoms with Gasteiger partial charge in [0.1, 0.15) is 5.75 Å². The number of hydrogen-bond acceptors (Lipinski definition) is 3. The molecule has 0 aliphatic rings. The largest absolute Gasteiger partial charge is 0.494 e. The van der Waals surface area contributed by atoms with E-state index < -0.39 is 0 Å². The molecule has 0 aliphatic heterocycles. The lowest BCUT2D eigenvalue weighted by Gasteiger charge is -2.10. The number of carbonyl (C=O) groups is 1. The molecule has 0 spiro atoms. The average Bonchev–Trinajstić information content (AvgIpc) is 2.65. The highest BCUT2D eigenvalue weighted by Gasteiger charge is 2.03. The van der Waals surface area contributed by atoms with E-state index in [4.69, 9.17) is 4.74 Å². The summed E-state index contributed by atoms with van der Waals surface area (Å²) in [5, 5.41) is 5.99. The molecule has 0 aliphatic carbocycles. The van der Waals surface area contributed by atoms with Gasteiger partial charge in [0.15, 0.2) is 0 Å². The van der Waals surface area contributed by atoms with Crippen molar-refractivity contribution in [2.45, 2.75) is 39.0 Å². The van der Waals surface area contributed by atoms with E-state index in [1.165, 1.54) is 25.7 Å². The van der Waals surface area contributed by atoms with Gasteiger partial charge in [-0.15, -0.1) is 0 Å². The third-order valence-electron chi connectivity index (χ3n) is 3.93. The maximum Gasteiger partial charge on any atom is 0.243 e. The summed E-state index contributed by atoms with van der Waals surface area (Å²) in [5.74, 6) is 0.744. The number of anilines is 2. The van der Waals surface area contributed by atoms with Gasteiger partial charge < -0.3 is 15.4 Å². The van der Waals surface area contributed by atoms with Crippen LogP contribution in [0.3, 0.4) is 0 Å². The van der Waals surface area contributed by atoms with E-state index in [0.29, 0.717) is 0 Å². The van der Waals surface area contributed by atoms with Gasteiger partial charge in [-0.1, -0.05) is 54.6 Å². The Bertz CT molecular complexity index is 674. The van der Waals surface area contributed by atoms with E-state index in [0.717, 1.165) is 34.6 Å². The molecule has 2 aromatic carbocycles. The van der Waals surface area contributed by atoms with Gasteiger partial charge in [-0.25, -0.2) is 0 Å². The van der Waals surface area contributed by atoms with Gasteiger partial charge in [0.2, 0.25) is 5.91 Å². The van der Waals surface area contributed by atoms with Gasteiger partial charge in [-0.3, -0.25) is 4.79 Å². The van der Waals surface area contributed by atoms with Crippen LogP contribution in [-0.4, -0.2) is 19.1 Å². The lowest BCUT2D eigenvalue weighted by atomic mass is 10.2. The zero-order chi connectivity index (χ0) is 18.6. The van der Waals surface area contributed by atoms with Gasteiger partial charge >= 0.3 is 0 Å². The van der Waals surface area contributed by atoms with Crippen molar-refractivity contribution in [2.75, 3.05) is 23.8 Å². The Hall–Kier alpha value is -2.01. The number of nitrogens with one attached hydrogen (secondary N) is 2. The highest BCUT2D eigenvalue weighted by Crippen LogP contribution is 2.18. The molecule has 2 N–H and O–H groups in total. The van der Waals surface area contributed by atoms with Crippen molar-refractivity contribution < 1.29 is 9.53 Å². The Kier molecular flexibility index (Phi) is 9.04. The molecule has 0 aromatic heterocycles. The van der Waals surface area contributed by atoms with Gasteiger partial charge in [-0.05, 0) is 42.8 Å². The van der Waals surface area contributed by atoms with Crippen molar-refractivity contribution in [1.29, 1.82) is 0 Å². The minimum absolute atomic E-state index is 0.0884. The van der Waals surface area contributed by atoms with E-state index >= 15 is 0 Å². The highest BCUT2D eigenvalue weighted by atomic mass is 79.9. The summed E-state index contributed by atoms with van der Waals surface area (Å²) in [4.78, 5) is 12.0. The topological polar surface area (TPSA) is 50.4 Å². The molecule has 0 saturated carbocycles. The lowest BCUT2D eigenvalue weighted by molar-refractivity contribution is -0.114. The van der Waals surface area contributed by atoms with Crippen LogP contribution in [0, 0.1) is 0 Å². The molecule has 26 heavy (non-hydrogen) atoms. The fourth-order valence-electron chi connectivity index (χ4n) is 2.51. The van der Waals surface area contributed by atoms with Gasteiger partial charge in [0.05, 0.1) is 13.2 Å². The van der Waals surface area contributed by atoms with Gasteiger partial charge in [-0.2, -0.15) is 0 Å². The molecular weight excluding hydrogens is 392 g/mol. The van der Waals surface area contributed by atoms with E-state index in [1.807, 2.05) is 48.5 Å². The predicted octanol–water partition coefficient (Wildman–Crippen LogP) is 5.85. The van der Waals surface area contributed by atoms with E-state index in [9.17, 15) is 4.79 Å². The molecule has 0 unspecified atom stereocenters. The normalized spacial score (nSPS) is 10.4. The summed E-state index contributed by atoms with van der Waals surface area (Å²) >= 11 is 3.38. The van der Waals surface area contributed by atoms with Crippen molar-refractivity contribution in [2.24, 2.45) is 0 Å². The number of carbonyl (C=O) groups excluding carboxylic acids is 1. The summed E-state index contributed by atoms with van der Waals surface area (Å²) in [5.41, 5.74) is 1.65. The molecule has 0 atom stereocenters. The van der Waals surface area contributed by atoms with Crippen molar-refractivity contribution in [3.63, 3.8) is 0 Å². The summed E-state index contributed by atoms with van der Waals surface area (Å²) in [7, 11) is 0. The third-order valence-corrected chi connectivity index (χ3v) is 4.46. The second kappa shape index (κ2) is 11.6. The summed E-state index contributed by atoms with van der Waals surface area (Å²) in [6.45, 7) is 3.15. The molecule has 0 radical (unpaired) electrons. The Morgan fingerprint density at radius 2 is 1.77 bits per heavy atom. The number of amides is 1. The van der Waals surface area contributed by atoms with Crippen LogP contribution in [-0.2, 0) is 4.79 Å². The zero-order valence-electron chi connectivity index (χ0n) is 15.3. The Balaban J connectivity index is 1.71. The molecule has 2 aromatic rings. The number of ether oxygens (including phenoxy) is 1. The van der Waals surface area contributed by atoms with Crippen molar-refractivity contribution in [3.8, 4) is 5.75 Å². The average molecular weight is 419 g/mol. The van der Waals surface area contributed by atoms with Crippen LogP contribution in [0.1, 0.15) is 39.0 Å². The highest BCUT2D eigenvalue weighted by molar-refractivity contribution is 9.10. The van der Waals surface area contributed by atoms with Crippen LogP contribution in [0.25, 0.3) is 0 Å². The Morgan fingerprint density at radius 1 is 1.00 bits per heavy atom. The minimum atomic E-state index is -0.0884. The molecule has 0 heterocycles. The third kappa shape index (κ3) is 7.91. The fourth-order valence-corrected chi connectivity index (χ4v) is 2.78. The molecule has 2 rings (SSSR count). The minimum Gasteiger partial charge on any atom is -0.494 e. The first-order chi connectivity index (χ1) is 12.7. The maximum atomic E-state index is 12.0. The van der Waals surface area contributed by atoms with E-state index in [2.05, 4.69) is 33.5 Å². The van der Waals surface area contributed by atoms with Crippen molar-refractivity contribution in [3.05, 3.63) is 53.0 Å². The standard InChI is InChI=1S/C21H27BrN2O2/c1-2-3-4-5-6-14-26-20-9-7-8-19(15-20)23-16-21(25)24-18-12-10-17(22)11-13-18/h7-13,15,23H,2-6,14,16H2,1H3,(H,24,25). The first-order valence-corrected chi connectivity index (χ1v) is 9.99. The second-order valence-corrected chi connectivity index (χ2v) is 7.11. The molecule has 5 heteroatoms. The SMILES string of the molecule is CCCCCCCOc1cccc(NCC(=O)Nc2ccc(Br)cc2)c1. The number of rotatable bonds is 11. The van der Waals surface area contributed by atoms with Crippen LogP contribution in [0.4, 0.5) is 11.4 Å². The van der Waals surface area contributed by atoms with Crippen molar-refractivity contribution >= 4 is 33.2 Å².